The van der Waals surface area contributed by atoms with Crippen LogP contribution in [0.5, 0.6) is 0 Å². The van der Waals surface area contributed by atoms with Gasteiger partial charge in [-0.3, -0.25) is 14.4 Å². The quantitative estimate of drug-likeness (QED) is 0.479. The molecule has 1 heterocycles. The zero-order valence-corrected chi connectivity index (χ0v) is 19.6. The molecule has 3 rings (SSSR count). The Kier molecular flexibility index (Phi) is 7.62. The number of benzene rings is 1. The summed E-state index contributed by atoms with van der Waals surface area (Å²) < 4.78 is 5.30. The first-order valence-electron chi connectivity index (χ1n) is 11.1. The molecule has 0 radical (unpaired) electrons. The first-order chi connectivity index (χ1) is 15.3. The minimum atomic E-state index is -0.878. The number of aliphatic hydroxyl groups is 1. The van der Waals surface area contributed by atoms with Crippen molar-refractivity contribution >= 4 is 35.1 Å². The largest absolute Gasteiger partial charge is 0.466 e. The predicted octanol–water partition coefficient (Wildman–Crippen LogP) is 3.19. The molecule has 2 aliphatic rings. The number of aliphatic hydroxyl groups excluding tert-OH is 1. The SMILES string of the molecule is CCOC(=O)[C@H]1[C@H]2C(=O)N([C@H](C)CO)[C@H](C(=O)Nc3c(C)cccc3Cl)[C@H]2C=C[C@H]1CC. The molecule has 32 heavy (non-hydrogen) atoms. The van der Waals surface area contributed by atoms with Crippen LogP contribution in [-0.4, -0.2) is 53.1 Å². The first-order valence-corrected chi connectivity index (χ1v) is 11.5. The lowest BCUT2D eigenvalue weighted by molar-refractivity contribution is -0.156. The van der Waals surface area contributed by atoms with Gasteiger partial charge in [0.1, 0.15) is 6.04 Å². The maximum absolute atomic E-state index is 13.6. The number of para-hydroxylation sites is 1. The Bertz CT molecular complexity index is 897. The Hall–Kier alpha value is -2.38. The zero-order chi connectivity index (χ0) is 23.6. The lowest BCUT2D eigenvalue weighted by Crippen LogP contribution is -2.49. The van der Waals surface area contributed by atoms with Gasteiger partial charge >= 0.3 is 5.97 Å². The topological polar surface area (TPSA) is 95.9 Å². The fraction of sp³-hybridized carbons (Fsp3) is 0.542. The highest BCUT2D eigenvalue weighted by atomic mass is 35.5. The lowest BCUT2D eigenvalue weighted by atomic mass is 9.69. The number of esters is 1. The van der Waals surface area contributed by atoms with Crippen molar-refractivity contribution in [1.82, 2.24) is 4.90 Å². The van der Waals surface area contributed by atoms with Crippen LogP contribution in [0, 0.1) is 30.6 Å². The van der Waals surface area contributed by atoms with E-state index in [0.717, 1.165) is 5.56 Å². The fourth-order valence-corrected chi connectivity index (χ4v) is 5.22. The molecular formula is C24H31ClN2O5. The number of rotatable bonds is 7. The number of carbonyl (C=O) groups excluding carboxylic acids is 3. The number of nitrogens with zero attached hydrogens (tertiary/aromatic N) is 1. The number of carbonyl (C=O) groups is 3. The number of anilines is 1. The van der Waals surface area contributed by atoms with Crippen molar-refractivity contribution in [3.05, 3.63) is 40.9 Å². The highest BCUT2D eigenvalue weighted by Gasteiger charge is 2.58. The van der Waals surface area contributed by atoms with Crippen molar-refractivity contribution in [1.29, 1.82) is 0 Å². The highest BCUT2D eigenvalue weighted by Crippen LogP contribution is 2.46. The number of fused-ring (bicyclic) bond motifs is 1. The van der Waals surface area contributed by atoms with Gasteiger partial charge in [0.25, 0.3) is 0 Å². The molecule has 7 nitrogen and oxygen atoms in total. The number of halogens is 1. The van der Waals surface area contributed by atoms with Gasteiger partial charge in [-0.05, 0) is 44.7 Å². The number of allylic oxidation sites excluding steroid dienone is 1. The molecule has 1 aliphatic carbocycles. The average Bonchev–Trinajstić information content (AvgIpc) is 3.07. The van der Waals surface area contributed by atoms with Gasteiger partial charge in [0, 0.05) is 5.92 Å². The van der Waals surface area contributed by atoms with E-state index in [1.165, 1.54) is 4.90 Å². The van der Waals surface area contributed by atoms with Crippen LogP contribution >= 0.6 is 11.6 Å². The van der Waals surface area contributed by atoms with Gasteiger partial charge in [-0.25, -0.2) is 0 Å². The predicted molar refractivity (Wildman–Crippen MR) is 122 cm³/mol. The van der Waals surface area contributed by atoms with Crippen molar-refractivity contribution < 1.29 is 24.2 Å². The van der Waals surface area contributed by atoms with Crippen LogP contribution in [0.25, 0.3) is 0 Å². The molecule has 1 aromatic rings. The number of hydrogen-bond acceptors (Lipinski definition) is 5. The number of amides is 2. The Morgan fingerprint density at radius 1 is 1.28 bits per heavy atom. The molecule has 1 aliphatic heterocycles. The standard InChI is InChI=1S/C24H31ClN2O5/c1-5-15-10-11-16-19(18(15)24(31)32-6-2)23(30)27(14(4)12-28)21(16)22(29)26-20-13(3)8-7-9-17(20)25/h7-11,14-16,18-19,21,28H,5-6,12H2,1-4H3,(H,26,29)/t14-,15-,16+,18-,19+,21+/m1/s1. The van der Waals surface area contributed by atoms with E-state index < -0.39 is 41.7 Å². The van der Waals surface area contributed by atoms with Gasteiger partial charge in [0.2, 0.25) is 11.8 Å². The number of ether oxygens (including phenoxy) is 1. The molecule has 0 aromatic heterocycles. The van der Waals surface area contributed by atoms with Crippen LogP contribution < -0.4 is 5.32 Å². The van der Waals surface area contributed by atoms with Gasteiger partial charge in [0.05, 0.1) is 41.8 Å². The van der Waals surface area contributed by atoms with E-state index in [-0.39, 0.29) is 25.0 Å². The summed E-state index contributed by atoms with van der Waals surface area (Å²) in [6.45, 7) is 7.13. The lowest BCUT2D eigenvalue weighted by Gasteiger charge is -2.33. The van der Waals surface area contributed by atoms with Crippen LogP contribution in [0.3, 0.4) is 0 Å². The normalized spacial score (nSPS) is 27.8. The maximum atomic E-state index is 13.6. The van der Waals surface area contributed by atoms with Crippen molar-refractivity contribution in [2.75, 3.05) is 18.5 Å². The fourth-order valence-electron chi connectivity index (χ4n) is 4.95. The number of likely N-dealkylation sites (tertiary alicyclic amines) is 1. The monoisotopic (exact) mass is 462 g/mol. The molecule has 174 valence electrons. The minimum absolute atomic E-state index is 0.154. The summed E-state index contributed by atoms with van der Waals surface area (Å²) in [7, 11) is 0. The molecule has 2 N–H and O–H groups in total. The zero-order valence-electron chi connectivity index (χ0n) is 18.9. The van der Waals surface area contributed by atoms with Crippen molar-refractivity contribution in [2.24, 2.45) is 23.7 Å². The third-order valence-electron chi connectivity index (χ3n) is 6.56. The minimum Gasteiger partial charge on any atom is -0.466 e. The van der Waals surface area contributed by atoms with E-state index in [4.69, 9.17) is 16.3 Å². The number of hydrogen-bond donors (Lipinski definition) is 2. The summed E-state index contributed by atoms with van der Waals surface area (Å²) in [5, 5.41) is 13.1. The van der Waals surface area contributed by atoms with E-state index in [2.05, 4.69) is 5.32 Å². The van der Waals surface area contributed by atoms with E-state index in [9.17, 15) is 19.5 Å². The van der Waals surface area contributed by atoms with E-state index in [0.29, 0.717) is 17.1 Å². The van der Waals surface area contributed by atoms with Crippen molar-refractivity contribution in [2.45, 2.75) is 46.2 Å². The Balaban J connectivity index is 2.03. The third kappa shape index (κ3) is 4.28. The molecule has 0 unspecified atom stereocenters. The second kappa shape index (κ2) is 10.0. The second-order valence-corrected chi connectivity index (χ2v) is 8.89. The third-order valence-corrected chi connectivity index (χ3v) is 6.87. The molecule has 6 atom stereocenters. The summed E-state index contributed by atoms with van der Waals surface area (Å²) in [5.41, 5.74) is 1.28. The Morgan fingerprint density at radius 2 is 2.00 bits per heavy atom. The van der Waals surface area contributed by atoms with Crippen LogP contribution in [-0.2, 0) is 19.1 Å². The molecule has 1 fully saturated rings. The Morgan fingerprint density at radius 3 is 2.59 bits per heavy atom. The van der Waals surface area contributed by atoms with E-state index >= 15 is 0 Å². The van der Waals surface area contributed by atoms with E-state index in [1.807, 2.05) is 32.1 Å². The smallest absolute Gasteiger partial charge is 0.310 e. The number of nitrogens with one attached hydrogen (secondary N) is 1. The van der Waals surface area contributed by atoms with Crippen molar-refractivity contribution in [3.8, 4) is 0 Å². The van der Waals surface area contributed by atoms with Gasteiger partial charge in [-0.1, -0.05) is 42.8 Å². The highest BCUT2D eigenvalue weighted by molar-refractivity contribution is 6.34. The molecule has 1 saturated heterocycles. The van der Waals surface area contributed by atoms with Crippen LogP contribution in [0.15, 0.2) is 30.4 Å². The molecule has 0 bridgehead atoms. The van der Waals surface area contributed by atoms with Gasteiger partial charge in [-0.15, -0.1) is 0 Å². The van der Waals surface area contributed by atoms with Gasteiger partial charge in [0.15, 0.2) is 0 Å². The molecule has 8 heteroatoms. The first kappa shape index (κ1) is 24.3. The Labute approximate surface area is 193 Å². The van der Waals surface area contributed by atoms with Crippen molar-refractivity contribution in [3.63, 3.8) is 0 Å². The summed E-state index contributed by atoms with van der Waals surface area (Å²) >= 11 is 6.30. The van der Waals surface area contributed by atoms with E-state index in [1.54, 1.807) is 26.0 Å². The molecule has 0 saturated carbocycles. The maximum Gasteiger partial charge on any atom is 0.310 e. The molecule has 2 amide bonds. The number of aryl methyl sites for hydroxylation is 1. The van der Waals surface area contributed by atoms with Crippen LogP contribution in [0.4, 0.5) is 5.69 Å². The molecule has 0 spiro atoms. The molecular weight excluding hydrogens is 432 g/mol. The summed E-state index contributed by atoms with van der Waals surface area (Å²) in [5.74, 6) is -3.20. The second-order valence-electron chi connectivity index (χ2n) is 8.48. The van der Waals surface area contributed by atoms with Crippen LogP contribution in [0.2, 0.25) is 5.02 Å². The summed E-state index contributed by atoms with van der Waals surface area (Å²) in [6.07, 6.45) is 4.46. The summed E-state index contributed by atoms with van der Waals surface area (Å²) in [4.78, 5) is 41.4. The molecule has 1 aromatic carbocycles. The van der Waals surface area contributed by atoms with Gasteiger partial charge in [-0.2, -0.15) is 0 Å². The summed E-state index contributed by atoms with van der Waals surface area (Å²) in [6, 6.07) is 3.84. The average molecular weight is 463 g/mol. The van der Waals surface area contributed by atoms with Gasteiger partial charge < -0.3 is 20.1 Å². The van der Waals surface area contributed by atoms with Crippen LogP contribution in [0.1, 0.15) is 32.8 Å².